The van der Waals surface area contributed by atoms with E-state index in [0.717, 1.165) is 24.0 Å². The number of benzene rings is 2. The Balaban J connectivity index is 1.86. The third-order valence-electron chi connectivity index (χ3n) is 4.52. The van der Waals surface area contributed by atoms with Crippen LogP contribution in [0.3, 0.4) is 0 Å². The zero-order valence-electron chi connectivity index (χ0n) is 15.4. The highest BCUT2D eigenvalue weighted by Gasteiger charge is 2.23. The second kappa shape index (κ2) is 7.99. The first-order chi connectivity index (χ1) is 12.7. The van der Waals surface area contributed by atoms with Crippen LogP contribution in [0.25, 0.3) is 0 Å². The highest BCUT2D eigenvalue weighted by molar-refractivity contribution is 9.10. The van der Waals surface area contributed by atoms with Crippen LogP contribution < -0.4 is 9.46 Å². The van der Waals surface area contributed by atoms with Gasteiger partial charge in [0.05, 0.1) is 15.6 Å². The molecule has 0 amide bonds. The Morgan fingerprint density at radius 3 is 2.48 bits per heavy atom. The number of nitrogens with one attached hydrogen (secondary N) is 1. The molecule has 1 N–H and O–H groups in total. The highest BCUT2D eigenvalue weighted by atomic mass is 79.9. The van der Waals surface area contributed by atoms with Gasteiger partial charge in [0.15, 0.2) is 0 Å². The molecule has 0 unspecified atom stereocenters. The summed E-state index contributed by atoms with van der Waals surface area (Å²) in [5.41, 5.74) is 1.77. The molecular formula is C19H22BrClN2O3S. The van der Waals surface area contributed by atoms with Gasteiger partial charge in [-0.1, -0.05) is 27.5 Å². The van der Waals surface area contributed by atoms with Crippen molar-refractivity contribution in [2.24, 2.45) is 0 Å². The molecule has 27 heavy (non-hydrogen) atoms. The van der Waals surface area contributed by atoms with Crippen molar-refractivity contribution in [1.82, 2.24) is 4.90 Å². The molecular weight excluding hydrogens is 452 g/mol. The summed E-state index contributed by atoms with van der Waals surface area (Å²) in [6, 6.07) is 8.50. The minimum Gasteiger partial charge on any atom is -0.487 e. The monoisotopic (exact) mass is 472 g/mol. The van der Waals surface area contributed by atoms with Gasteiger partial charge in [-0.15, -0.1) is 0 Å². The van der Waals surface area contributed by atoms with Crippen molar-refractivity contribution < 1.29 is 13.2 Å². The van der Waals surface area contributed by atoms with Gasteiger partial charge in [-0.05, 0) is 62.7 Å². The number of likely N-dealkylation sites (tertiary alicyclic amines) is 1. The molecule has 3 rings (SSSR count). The van der Waals surface area contributed by atoms with Gasteiger partial charge in [0.1, 0.15) is 11.9 Å². The lowest BCUT2D eigenvalue weighted by molar-refractivity contribution is 0.208. The summed E-state index contributed by atoms with van der Waals surface area (Å²) in [4.78, 5) is 2.46. The van der Waals surface area contributed by atoms with Gasteiger partial charge < -0.3 is 9.64 Å². The quantitative estimate of drug-likeness (QED) is 0.689. The van der Waals surface area contributed by atoms with Crippen LogP contribution in [-0.2, 0) is 10.0 Å². The summed E-state index contributed by atoms with van der Waals surface area (Å²) in [5, 5.41) is 0.462. The molecule has 1 heterocycles. The number of hydrogen-bond acceptors (Lipinski definition) is 4. The molecule has 0 aromatic heterocycles. The Morgan fingerprint density at radius 2 is 1.89 bits per heavy atom. The topological polar surface area (TPSA) is 58.6 Å². The Labute approximate surface area is 173 Å². The third kappa shape index (κ3) is 4.77. The van der Waals surface area contributed by atoms with E-state index in [1.54, 1.807) is 44.2 Å². The van der Waals surface area contributed by atoms with E-state index in [4.69, 9.17) is 16.3 Å². The molecule has 1 aliphatic rings. The summed E-state index contributed by atoms with van der Waals surface area (Å²) >= 11 is 9.64. The lowest BCUT2D eigenvalue weighted by atomic mass is 10.2. The fourth-order valence-corrected chi connectivity index (χ4v) is 5.71. The Morgan fingerprint density at radius 1 is 1.22 bits per heavy atom. The number of ether oxygens (including phenoxy) is 1. The van der Waals surface area contributed by atoms with E-state index < -0.39 is 10.0 Å². The van der Waals surface area contributed by atoms with Crippen LogP contribution >= 0.6 is 27.5 Å². The predicted octanol–water partition coefficient (Wildman–Crippen LogP) is 4.60. The van der Waals surface area contributed by atoms with E-state index in [2.05, 4.69) is 25.6 Å². The predicted molar refractivity (Wildman–Crippen MR) is 112 cm³/mol. The van der Waals surface area contributed by atoms with Crippen molar-refractivity contribution in [2.45, 2.75) is 31.3 Å². The number of nitrogens with zero attached hydrogens (tertiary/aromatic N) is 1. The van der Waals surface area contributed by atoms with Crippen molar-refractivity contribution in [3.8, 4) is 5.75 Å². The SMILES string of the molecule is Cc1cc(Br)cc(C)c1S(=O)(=O)Nc1ccc(Cl)c(O[C@@H]2CCN(C)C2)c1. The molecule has 1 fully saturated rings. The third-order valence-corrected chi connectivity index (χ3v) is 6.97. The van der Waals surface area contributed by atoms with E-state index >= 15 is 0 Å². The van der Waals surface area contributed by atoms with Crippen molar-refractivity contribution in [2.75, 3.05) is 24.9 Å². The molecule has 1 saturated heterocycles. The van der Waals surface area contributed by atoms with E-state index in [9.17, 15) is 8.42 Å². The molecule has 8 heteroatoms. The molecule has 5 nitrogen and oxygen atoms in total. The van der Waals surface area contributed by atoms with E-state index in [-0.39, 0.29) is 11.0 Å². The highest BCUT2D eigenvalue weighted by Crippen LogP contribution is 2.32. The van der Waals surface area contributed by atoms with Gasteiger partial charge in [-0.3, -0.25) is 4.72 Å². The largest absolute Gasteiger partial charge is 0.487 e. The minimum atomic E-state index is -3.73. The van der Waals surface area contributed by atoms with Gasteiger partial charge in [0, 0.05) is 23.6 Å². The first kappa shape index (κ1) is 20.5. The van der Waals surface area contributed by atoms with Gasteiger partial charge >= 0.3 is 0 Å². The standard InChI is InChI=1S/C19H22BrClN2O3S/c1-12-8-14(20)9-13(2)19(12)27(24,25)22-15-4-5-17(21)18(10-15)26-16-6-7-23(3)11-16/h4-5,8-10,16,22H,6-7,11H2,1-3H3/t16-/m1/s1. The molecule has 2 aromatic carbocycles. The maximum absolute atomic E-state index is 12.9. The molecule has 146 valence electrons. The molecule has 0 spiro atoms. The number of anilines is 1. The fourth-order valence-electron chi connectivity index (χ4n) is 3.35. The summed E-state index contributed by atoms with van der Waals surface area (Å²) in [7, 11) is -1.69. The van der Waals surface area contributed by atoms with Crippen LogP contribution in [-0.4, -0.2) is 39.6 Å². The molecule has 0 aliphatic carbocycles. The number of rotatable bonds is 5. The summed E-state index contributed by atoms with van der Waals surface area (Å²) in [5.74, 6) is 0.487. The molecule has 2 aromatic rings. The number of likely N-dealkylation sites (N-methyl/N-ethyl adjacent to an activating group) is 1. The Hall–Kier alpha value is -1.28. The average Bonchev–Trinajstić information content (AvgIpc) is 2.94. The second-order valence-electron chi connectivity index (χ2n) is 6.91. The normalized spacial score (nSPS) is 17.9. The van der Waals surface area contributed by atoms with Gasteiger partial charge in [-0.25, -0.2) is 8.42 Å². The Kier molecular flexibility index (Phi) is 6.05. The first-order valence-corrected chi connectivity index (χ1v) is 11.3. The van der Waals surface area contributed by atoms with Crippen LogP contribution in [0.15, 0.2) is 39.7 Å². The van der Waals surface area contributed by atoms with Crippen molar-refractivity contribution in [3.63, 3.8) is 0 Å². The fraction of sp³-hybridized carbons (Fsp3) is 0.368. The van der Waals surface area contributed by atoms with E-state index in [1.807, 2.05) is 7.05 Å². The summed E-state index contributed by atoms with van der Waals surface area (Å²) < 4.78 is 35.3. The molecule has 1 aliphatic heterocycles. The smallest absolute Gasteiger partial charge is 0.262 e. The van der Waals surface area contributed by atoms with Crippen molar-refractivity contribution in [1.29, 1.82) is 0 Å². The average molecular weight is 474 g/mol. The lowest BCUT2D eigenvalue weighted by Crippen LogP contribution is -2.21. The molecule has 1 atom stereocenters. The van der Waals surface area contributed by atoms with E-state index in [0.29, 0.717) is 27.6 Å². The number of sulfonamides is 1. The number of halogens is 2. The number of hydrogen-bond donors (Lipinski definition) is 1. The van der Waals surface area contributed by atoms with Crippen LogP contribution in [0.5, 0.6) is 5.75 Å². The first-order valence-electron chi connectivity index (χ1n) is 8.60. The maximum atomic E-state index is 12.9. The summed E-state index contributed by atoms with van der Waals surface area (Å²) in [6.07, 6.45) is 0.968. The van der Waals surface area contributed by atoms with Crippen LogP contribution in [0.1, 0.15) is 17.5 Å². The van der Waals surface area contributed by atoms with Gasteiger partial charge in [0.2, 0.25) is 0 Å². The van der Waals surface area contributed by atoms with Crippen molar-refractivity contribution in [3.05, 3.63) is 51.0 Å². The van der Waals surface area contributed by atoms with Crippen LogP contribution in [0.4, 0.5) is 5.69 Å². The van der Waals surface area contributed by atoms with Gasteiger partial charge in [0.25, 0.3) is 10.0 Å². The molecule has 0 radical (unpaired) electrons. The maximum Gasteiger partial charge on any atom is 0.262 e. The lowest BCUT2D eigenvalue weighted by Gasteiger charge is -2.17. The molecule has 0 saturated carbocycles. The second-order valence-corrected chi connectivity index (χ2v) is 9.85. The zero-order valence-corrected chi connectivity index (χ0v) is 18.6. The zero-order chi connectivity index (χ0) is 19.8. The minimum absolute atomic E-state index is 0.0512. The molecule has 0 bridgehead atoms. The van der Waals surface area contributed by atoms with Crippen LogP contribution in [0, 0.1) is 13.8 Å². The van der Waals surface area contributed by atoms with Gasteiger partial charge in [-0.2, -0.15) is 0 Å². The summed E-state index contributed by atoms with van der Waals surface area (Å²) in [6.45, 7) is 5.35. The van der Waals surface area contributed by atoms with E-state index in [1.165, 1.54) is 0 Å². The van der Waals surface area contributed by atoms with Crippen molar-refractivity contribution >= 4 is 43.2 Å². The Bertz CT molecular complexity index is 942. The number of aryl methyl sites for hydroxylation is 2. The van der Waals surface area contributed by atoms with Crippen LogP contribution in [0.2, 0.25) is 5.02 Å².